The molecule has 0 aromatic carbocycles. The molecule has 0 bridgehead atoms. The number of nitrogens with one attached hydrogen (secondary N) is 1. The first kappa shape index (κ1) is 19.0. The molecule has 3 nitrogen and oxygen atoms in total. The molecule has 0 aromatic heterocycles. The van der Waals surface area contributed by atoms with E-state index in [1.165, 1.54) is 18.1 Å². The van der Waals surface area contributed by atoms with Crippen LogP contribution in [-0.4, -0.2) is 25.8 Å². The number of amides is 1. The highest BCUT2D eigenvalue weighted by Gasteiger charge is 2.24. The van der Waals surface area contributed by atoms with Gasteiger partial charge in [0.05, 0.1) is 0 Å². The monoisotopic (exact) mass is 297 g/mol. The molecule has 0 aliphatic carbocycles. The fourth-order valence-electron chi connectivity index (χ4n) is 1.97. The number of rotatable bonds is 5. The average Bonchev–Trinajstić information content (AvgIpc) is 2.32. The summed E-state index contributed by atoms with van der Waals surface area (Å²) >= 11 is 0. The van der Waals surface area contributed by atoms with E-state index in [2.05, 4.69) is 37.6 Å². The van der Waals surface area contributed by atoms with Crippen molar-refractivity contribution in [3.63, 3.8) is 0 Å². The van der Waals surface area contributed by atoms with E-state index in [1.54, 1.807) is 0 Å². The van der Waals surface area contributed by atoms with Gasteiger partial charge in [0.2, 0.25) is 0 Å². The number of alkyl carbamates (subject to hydrolysis) is 1. The average molecular weight is 298 g/mol. The minimum absolute atomic E-state index is 0.0228. The van der Waals surface area contributed by atoms with Crippen molar-refractivity contribution in [2.75, 3.05) is 0 Å². The second kappa shape index (κ2) is 8.36. The second-order valence-electron chi connectivity index (χ2n) is 6.39. The topological polar surface area (TPSA) is 38.3 Å². The van der Waals surface area contributed by atoms with Crippen molar-refractivity contribution in [3.8, 4) is 11.5 Å². The summed E-state index contributed by atoms with van der Waals surface area (Å²) in [6.45, 7) is 14.3. The second-order valence-corrected chi connectivity index (χ2v) is 11.3. The molecule has 0 saturated carbocycles. The predicted octanol–water partition coefficient (Wildman–Crippen LogP) is 4.34. The van der Waals surface area contributed by atoms with Crippen LogP contribution in [0.3, 0.4) is 0 Å². The fourth-order valence-corrected chi connectivity index (χ4v) is 4.47. The Labute approximate surface area is 125 Å². The minimum atomic E-state index is -1.37. The summed E-state index contributed by atoms with van der Waals surface area (Å²) < 4.78 is 5.23. The summed E-state index contributed by atoms with van der Waals surface area (Å²) in [7, 11) is -1.37. The van der Waals surface area contributed by atoms with Crippen molar-refractivity contribution in [3.05, 3.63) is 0 Å². The van der Waals surface area contributed by atoms with E-state index in [1.807, 2.05) is 27.7 Å². The Bertz CT molecular complexity index is 351. The van der Waals surface area contributed by atoms with E-state index >= 15 is 0 Å². The van der Waals surface area contributed by atoms with Crippen LogP contribution < -0.4 is 5.32 Å². The molecule has 0 aliphatic rings. The summed E-state index contributed by atoms with van der Waals surface area (Å²) in [6, 6.07) is 3.65. The molecule has 0 aliphatic heterocycles. The van der Waals surface area contributed by atoms with Crippen LogP contribution in [0.2, 0.25) is 18.1 Å². The first-order chi connectivity index (χ1) is 9.18. The first-order valence-electron chi connectivity index (χ1n) is 7.67. The minimum Gasteiger partial charge on any atom is -0.444 e. The van der Waals surface area contributed by atoms with Gasteiger partial charge in [0.15, 0.2) is 0 Å². The maximum Gasteiger partial charge on any atom is 0.407 e. The molecule has 1 atom stereocenters. The Morgan fingerprint density at radius 2 is 1.70 bits per heavy atom. The molecule has 20 heavy (non-hydrogen) atoms. The number of carbonyl (C=O) groups is 1. The van der Waals surface area contributed by atoms with Gasteiger partial charge in [-0.15, -0.1) is 11.5 Å². The summed E-state index contributed by atoms with van der Waals surface area (Å²) in [4.78, 5) is 11.6. The Balaban J connectivity index is 4.37. The Hall–Kier alpha value is -0.953. The highest BCUT2D eigenvalue weighted by atomic mass is 28.3. The van der Waals surface area contributed by atoms with Gasteiger partial charge in [0.1, 0.15) is 13.7 Å². The molecule has 1 unspecified atom stereocenters. The standard InChI is InChI=1S/C16H31NO2Si/c1-8-20(9-2,10-3)13-11-12-14(4)17-15(18)19-16(5,6)7/h14H,8-10,12H2,1-7H3,(H,17,18). The third-order valence-electron chi connectivity index (χ3n) is 3.56. The fraction of sp³-hybridized carbons (Fsp3) is 0.812. The third-order valence-corrected chi connectivity index (χ3v) is 8.32. The van der Waals surface area contributed by atoms with Gasteiger partial charge in [-0.3, -0.25) is 0 Å². The zero-order valence-electron chi connectivity index (χ0n) is 14.2. The highest BCUT2D eigenvalue weighted by molar-refractivity contribution is 6.87. The molecule has 0 rings (SSSR count). The summed E-state index contributed by atoms with van der Waals surface area (Å²) in [5, 5.41) is 2.83. The van der Waals surface area contributed by atoms with Crippen LogP contribution in [0.4, 0.5) is 4.79 Å². The third kappa shape index (κ3) is 7.59. The molecule has 1 N–H and O–H groups in total. The van der Waals surface area contributed by atoms with Crippen LogP contribution in [-0.2, 0) is 4.74 Å². The molecule has 116 valence electrons. The molecular formula is C16H31NO2Si. The summed E-state index contributed by atoms with van der Waals surface area (Å²) in [5.41, 5.74) is 3.08. The lowest BCUT2D eigenvalue weighted by atomic mass is 10.2. The SMILES string of the molecule is CC[Si](C#CCC(C)NC(=O)OC(C)(C)C)(CC)CC. The zero-order chi connectivity index (χ0) is 15.8. The number of ether oxygens (including phenoxy) is 1. The molecule has 0 aromatic rings. The Kier molecular flexibility index (Phi) is 7.96. The van der Waals surface area contributed by atoms with E-state index in [4.69, 9.17) is 4.74 Å². The lowest BCUT2D eigenvalue weighted by molar-refractivity contribution is 0.0509. The van der Waals surface area contributed by atoms with Gasteiger partial charge in [0, 0.05) is 12.5 Å². The van der Waals surface area contributed by atoms with Crippen molar-refractivity contribution >= 4 is 14.2 Å². The number of hydrogen-bond donors (Lipinski definition) is 1. The van der Waals surface area contributed by atoms with Crippen LogP contribution in [0.15, 0.2) is 0 Å². The van der Waals surface area contributed by atoms with Crippen molar-refractivity contribution in [2.45, 2.75) is 84.7 Å². The first-order valence-corrected chi connectivity index (χ1v) is 10.3. The molecule has 1 amide bonds. The van der Waals surface area contributed by atoms with E-state index < -0.39 is 13.7 Å². The van der Waals surface area contributed by atoms with E-state index in [0.29, 0.717) is 6.42 Å². The normalized spacial score (nSPS) is 13.2. The lowest BCUT2D eigenvalue weighted by Gasteiger charge is -2.22. The highest BCUT2D eigenvalue weighted by Crippen LogP contribution is 2.18. The van der Waals surface area contributed by atoms with E-state index in [0.717, 1.165) is 0 Å². The predicted molar refractivity (Wildman–Crippen MR) is 88.4 cm³/mol. The number of hydrogen-bond acceptors (Lipinski definition) is 2. The van der Waals surface area contributed by atoms with Gasteiger partial charge < -0.3 is 10.1 Å². The smallest absolute Gasteiger partial charge is 0.407 e. The van der Waals surface area contributed by atoms with Crippen LogP contribution in [0.25, 0.3) is 0 Å². The van der Waals surface area contributed by atoms with Crippen LogP contribution in [0.5, 0.6) is 0 Å². The van der Waals surface area contributed by atoms with Crippen molar-refractivity contribution < 1.29 is 9.53 Å². The van der Waals surface area contributed by atoms with Crippen LogP contribution >= 0.6 is 0 Å². The van der Waals surface area contributed by atoms with Gasteiger partial charge in [0.25, 0.3) is 0 Å². The van der Waals surface area contributed by atoms with Gasteiger partial charge in [-0.2, -0.15) is 0 Å². The van der Waals surface area contributed by atoms with Crippen molar-refractivity contribution in [2.24, 2.45) is 0 Å². The molecule has 0 radical (unpaired) electrons. The van der Waals surface area contributed by atoms with Gasteiger partial charge in [-0.05, 0) is 45.8 Å². The molecule has 0 spiro atoms. The van der Waals surface area contributed by atoms with E-state index in [9.17, 15) is 4.79 Å². The molecule has 0 saturated heterocycles. The Morgan fingerprint density at radius 1 is 1.20 bits per heavy atom. The summed E-state index contributed by atoms with van der Waals surface area (Å²) in [6.07, 6.45) is 0.324. The number of carbonyl (C=O) groups excluding carboxylic acids is 1. The van der Waals surface area contributed by atoms with Gasteiger partial charge >= 0.3 is 6.09 Å². The van der Waals surface area contributed by atoms with Crippen molar-refractivity contribution in [1.29, 1.82) is 0 Å². The van der Waals surface area contributed by atoms with Gasteiger partial charge in [-0.1, -0.05) is 20.8 Å². The largest absolute Gasteiger partial charge is 0.444 e. The Morgan fingerprint density at radius 3 is 2.10 bits per heavy atom. The molecular weight excluding hydrogens is 266 g/mol. The maximum absolute atomic E-state index is 11.6. The van der Waals surface area contributed by atoms with E-state index in [-0.39, 0.29) is 12.1 Å². The summed E-state index contributed by atoms with van der Waals surface area (Å²) in [5.74, 6) is 3.29. The molecule has 0 fully saturated rings. The van der Waals surface area contributed by atoms with Crippen LogP contribution in [0.1, 0.15) is 54.9 Å². The van der Waals surface area contributed by atoms with Gasteiger partial charge in [-0.25, -0.2) is 4.79 Å². The van der Waals surface area contributed by atoms with Crippen molar-refractivity contribution in [1.82, 2.24) is 5.32 Å². The quantitative estimate of drug-likeness (QED) is 0.605. The maximum atomic E-state index is 11.6. The molecule has 0 heterocycles. The molecule has 4 heteroatoms. The van der Waals surface area contributed by atoms with Crippen LogP contribution in [0, 0.1) is 11.5 Å². The lowest BCUT2D eigenvalue weighted by Crippen LogP contribution is -2.37. The zero-order valence-corrected chi connectivity index (χ0v) is 15.2.